The molecule has 0 saturated carbocycles. The zero-order valence-electron chi connectivity index (χ0n) is 17.6. The summed E-state index contributed by atoms with van der Waals surface area (Å²) >= 11 is 0. The molecule has 4 heterocycles. The molecule has 1 N–H and O–H groups in total. The van der Waals surface area contributed by atoms with E-state index in [0.717, 1.165) is 37.1 Å². The zero-order chi connectivity index (χ0) is 21.3. The molecule has 30 heavy (non-hydrogen) atoms. The first-order valence-corrected chi connectivity index (χ1v) is 10.5. The van der Waals surface area contributed by atoms with Gasteiger partial charge in [-0.15, -0.1) is 0 Å². The maximum atomic E-state index is 12.9. The van der Waals surface area contributed by atoms with Crippen molar-refractivity contribution in [2.45, 2.75) is 38.8 Å². The maximum Gasteiger partial charge on any atom is 0.320 e. The van der Waals surface area contributed by atoms with E-state index in [2.05, 4.69) is 10.3 Å². The molecule has 0 atom stereocenters. The molecule has 2 aromatic heterocycles. The van der Waals surface area contributed by atoms with Crippen molar-refractivity contribution in [3.63, 3.8) is 0 Å². The molecular weight excluding hydrogens is 384 g/mol. The number of pyridine rings is 1. The van der Waals surface area contributed by atoms with Gasteiger partial charge in [0.1, 0.15) is 11.4 Å². The van der Waals surface area contributed by atoms with Crippen LogP contribution in [0.3, 0.4) is 0 Å². The molecule has 9 nitrogen and oxygen atoms in total. The molecule has 0 aliphatic carbocycles. The van der Waals surface area contributed by atoms with Gasteiger partial charge >= 0.3 is 6.03 Å². The van der Waals surface area contributed by atoms with E-state index in [1.807, 2.05) is 21.4 Å². The van der Waals surface area contributed by atoms with Gasteiger partial charge in [-0.1, -0.05) is 0 Å². The third-order valence-electron chi connectivity index (χ3n) is 6.02. The van der Waals surface area contributed by atoms with Crippen molar-refractivity contribution < 1.29 is 9.59 Å². The van der Waals surface area contributed by atoms with Crippen LogP contribution in [0.4, 0.5) is 4.79 Å². The fourth-order valence-corrected chi connectivity index (χ4v) is 4.29. The number of fused-ring (bicyclic) bond motifs is 1. The van der Waals surface area contributed by atoms with Gasteiger partial charge in [0.2, 0.25) is 0 Å². The highest BCUT2D eigenvalue weighted by atomic mass is 16.2. The Hall–Kier alpha value is -3.10. The van der Waals surface area contributed by atoms with Crippen LogP contribution in [0.25, 0.3) is 0 Å². The number of aromatic nitrogens is 3. The molecule has 1 fully saturated rings. The normalized spacial score (nSPS) is 16.3. The summed E-state index contributed by atoms with van der Waals surface area (Å²) in [6.07, 6.45) is 8.98. The smallest absolute Gasteiger partial charge is 0.320 e. The van der Waals surface area contributed by atoms with Crippen molar-refractivity contribution in [1.29, 1.82) is 0 Å². The number of piperidine rings is 1. The summed E-state index contributed by atoms with van der Waals surface area (Å²) in [4.78, 5) is 46.5. The Bertz CT molecular complexity index is 1020. The number of amides is 3. The fourth-order valence-electron chi connectivity index (χ4n) is 4.29. The van der Waals surface area contributed by atoms with Gasteiger partial charge in [-0.3, -0.25) is 9.59 Å². The van der Waals surface area contributed by atoms with E-state index >= 15 is 0 Å². The summed E-state index contributed by atoms with van der Waals surface area (Å²) in [7, 11) is 3.50. The number of rotatable bonds is 3. The second-order valence-electron chi connectivity index (χ2n) is 8.06. The molecule has 2 aliphatic heterocycles. The van der Waals surface area contributed by atoms with Gasteiger partial charge in [0.25, 0.3) is 11.5 Å². The Balaban J connectivity index is 1.55. The molecule has 3 amide bonds. The average Bonchev–Trinajstić information content (AvgIpc) is 3.17. The average molecular weight is 412 g/mol. The Labute approximate surface area is 175 Å². The van der Waals surface area contributed by atoms with Crippen molar-refractivity contribution in [3.05, 3.63) is 51.5 Å². The van der Waals surface area contributed by atoms with Gasteiger partial charge < -0.3 is 24.3 Å². The van der Waals surface area contributed by atoms with Crippen LogP contribution in [-0.4, -0.2) is 55.5 Å². The lowest BCUT2D eigenvalue weighted by molar-refractivity contribution is 0.0945. The minimum Gasteiger partial charge on any atom is -0.345 e. The van der Waals surface area contributed by atoms with Crippen LogP contribution in [0.15, 0.2) is 23.4 Å². The lowest BCUT2D eigenvalue weighted by atomic mass is 9.96. The van der Waals surface area contributed by atoms with Crippen molar-refractivity contribution in [3.8, 4) is 0 Å². The Morgan fingerprint density at radius 2 is 1.83 bits per heavy atom. The minimum atomic E-state index is -0.397. The standard InChI is InChI=1S/C21H28N6O3/c1-24-11-7-22-17(24)12-23-19(28)18-16-6-10-27(14-15(16)13-25(2)20(18)29)21(30)26-8-4-3-5-9-26/h7,11,13H,3-6,8-10,12,14H2,1-2H3,(H,23,28). The number of likely N-dealkylation sites (tertiary alicyclic amines) is 1. The molecule has 0 spiro atoms. The van der Waals surface area contributed by atoms with Crippen molar-refractivity contribution in [1.82, 2.24) is 29.2 Å². The highest BCUT2D eigenvalue weighted by Crippen LogP contribution is 2.22. The number of carbonyl (C=O) groups excluding carboxylic acids is 2. The molecule has 1 saturated heterocycles. The van der Waals surface area contributed by atoms with E-state index < -0.39 is 5.91 Å². The van der Waals surface area contributed by atoms with Gasteiger partial charge in [0, 0.05) is 58.9 Å². The summed E-state index contributed by atoms with van der Waals surface area (Å²) < 4.78 is 3.26. The molecule has 0 aromatic carbocycles. The monoisotopic (exact) mass is 412 g/mol. The number of imidazole rings is 1. The first-order valence-electron chi connectivity index (χ1n) is 10.5. The minimum absolute atomic E-state index is 0.0509. The predicted molar refractivity (Wildman–Crippen MR) is 111 cm³/mol. The predicted octanol–water partition coefficient (Wildman–Crippen LogP) is 1.01. The number of aryl methyl sites for hydroxylation is 2. The van der Waals surface area contributed by atoms with E-state index in [1.54, 1.807) is 25.6 Å². The lowest BCUT2D eigenvalue weighted by Crippen LogP contribution is -2.48. The number of nitrogens with zero attached hydrogens (tertiary/aromatic N) is 5. The third-order valence-corrected chi connectivity index (χ3v) is 6.02. The van der Waals surface area contributed by atoms with Crippen molar-refractivity contribution in [2.75, 3.05) is 19.6 Å². The van der Waals surface area contributed by atoms with Crippen LogP contribution < -0.4 is 10.9 Å². The van der Waals surface area contributed by atoms with Crippen LogP contribution >= 0.6 is 0 Å². The van der Waals surface area contributed by atoms with Crippen molar-refractivity contribution >= 4 is 11.9 Å². The van der Waals surface area contributed by atoms with Crippen LogP contribution in [-0.2, 0) is 33.6 Å². The van der Waals surface area contributed by atoms with Crippen LogP contribution in [0, 0.1) is 0 Å². The Kier molecular flexibility index (Phi) is 5.61. The maximum absolute atomic E-state index is 12.9. The summed E-state index contributed by atoms with van der Waals surface area (Å²) in [6, 6.07) is 0.0509. The van der Waals surface area contributed by atoms with Crippen LogP contribution in [0.5, 0.6) is 0 Å². The number of hydrogen-bond donors (Lipinski definition) is 1. The quantitative estimate of drug-likeness (QED) is 0.815. The highest BCUT2D eigenvalue weighted by molar-refractivity contribution is 5.95. The number of carbonyl (C=O) groups is 2. The van der Waals surface area contributed by atoms with Gasteiger partial charge in [-0.2, -0.15) is 0 Å². The van der Waals surface area contributed by atoms with Crippen LogP contribution in [0.2, 0.25) is 0 Å². The Morgan fingerprint density at radius 3 is 2.53 bits per heavy atom. The summed E-state index contributed by atoms with van der Waals surface area (Å²) in [5.41, 5.74) is 1.46. The first kappa shape index (κ1) is 20.2. The third kappa shape index (κ3) is 3.83. The zero-order valence-corrected chi connectivity index (χ0v) is 17.6. The van der Waals surface area contributed by atoms with E-state index in [4.69, 9.17) is 0 Å². The molecule has 2 aliphatic rings. The van der Waals surface area contributed by atoms with E-state index in [1.165, 1.54) is 11.0 Å². The highest BCUT2D eigenvalue weighted by Gasteiger charge is 2.30. The summed E-state index contributed by atoms with van der Waals surface area (Å²) in [6.45, 7) is 2.77. The molecular formula is C21H28N6O3. The van der Waals surface area contributed by atoms with Gasteiger partial charge in [-0.05, 0) is 36.8 Å². The largest absolute Gasteiger partial charge is 0.345 e. The van der Waals surface area contributed by atoms with E-state index in [-0.39, 0.29) is 23.7 Å². The van der Waals surface area contributed by atoms with Gasteiger partial charge in [-0.25, -0.2) is 9.78 Å². The Morgan fingerprint density at radius 1 is 1.07 bits per heavy atom. The second kappa shape index (κ2) is 8.33. The SMILES string of the molecule is Cn1ccnc1CNC(=O)c1c2c(cn(C)c1=O)CN(C(=O)N1CCCCC1)CC2. The number of hydrogen-bond acceptors (Lipinski definition) is 4. The molecule has 4 rings (SSSR count). The molecule has 0 unspecified atom stereocenters. The number of urea groups is 1. The topological polar surface area (TPSA) is 92.5 Å². The van der Waals surface area contributed by atoms with Gasteiger partial charge in [0.15, 0.2) is 0 Å². The fraction of sp³-hybridized carbons (Fsp3) is 0.524. The molecule has 160 valence electrons. The lowest BCUT2D eigenvalue weighted by Gasteiger charge is -2.36. The summed E-state index contributed by atoms with van der Waals surface area (Å²) in [5, 5.41) is 2.82. The molecule has 9 heteroatoms. The van der Waals surface area contributed by atoms with E-state index in [9.17, 15) is 14.4 Å². The number of nitrogens with one attached hydrogen (secondary N) is 1. The molecule has 0 radical (unpaired) electrons. The van der Waals surface area contributed by atoms with Crippen LogP contribution in [0.1, 0.15) is 46.6 Å². The van der Waals surface area contributed by atoms with Gasteiger partial charge in [0.05, 0.1) is 6.54 Å². The first-order chi connectivity index (χ1) is 14.5. The van der Waals surface area contributed by atoms with E-state index in [0.29, 0.717) is 25.3 Å². The second-order valence-corrected chi connectivity index (χ2v) is 8.06. The molecule has 2 aromatic rings. The van der Waals surface area contributed by atoms with Crippen molar-refractivity contribution in [2.24, 2.45) is 14.1 Å². The molecule has 0 bridgehead atoms. The summed E-state index contributed by atoms with van der Waals surface area (Å²) in [5.74, 6) is 0.314.